The van der Waals surface area contributed by atoms with E-state index in [0.717, 1.165) is 45.2 Å². The highest BCUT2D eigenvalue weighted by Gasteiger charge is 2.78. The van der Waals surface area contributed by atoms with Gasteiger partial charge in [-0.3, -0.25) is 19.2 Å². The predicted molar refractivity (Wildman–Crippen MR) is 337 cm³/mol. The molecule has 11 rings (SSSR count). The number of aliphatic hydroxyl groups is 3. The van der Waals surface area contributed by atoms with Crippen LogP contribution < -0.4 is 20.1 Å². The Morgan fingerprint density at radius 1 is 0.848 bits per heavy atom. The SMILES string of the molecule is CC(=O)O[C@H]1C(=O)[C@@]2(C)[C@H]([C@H](OC(=O)c3ccccc3)[C@]3(O)C[C@H](OC(=O)[C@H](O)[C@@H](NC(=O)c4ccccc4)c4ccccc4)C(C)=C1C3(C)C)[C@]1(OC(C)=O)CO[C@@H]1C[C@@H]2O.COc1cc2c(Nc3ccc(Br)cc3F)ncnc2cc1OCC1CCN(C)CC1. The maximum atomic E-state index is 15.5. The first-order valence-electron chi connectivity index (χ1n) is 30.4. The minimum Gasteiger partial charge on any atom is -0.493 e. The second-order valence-corrected chi connectivity index (χ2v) is 25.8. The summed E-state index contributed by atoms with van der Waals surface area (Å²) in [5, 5.41) is 44.0. The van der Waals surface area contributed by atoms with Crippen molar-refractivity contribution < 1.29 is 81.6 Å². The summed E-state index contributed by atoms with van der Waals surface area (Å²) in [5.41, 5.74) is -5.99. The molecule has 4 fully saturated rings. The Kier molecular flexibility index (Phi) is 19.7. The second-order valence-electron chi connectivity index (χ2n) is 24.9. The number of aromatic nitrogens is 2. The number of anilines is 2. The zero-order valence-electron chi connectivity index (χ0n) is 52.2. The van der Waals surface area contributed by atoms with Gasteiger partial charge in [-0.25, -0.2) is 23.9 Å². The van der Waals surface area contributed by atoms with E-state index in [0.29, 0.717) is 51.1 Å². The molecule has 2 saturated heterocycles. The molecule has 2 aliphatic heterocycles. The topological polar surface area (TPSA) is 281 Å². The van der Waals surface area contributed by atoms with Crippen LogP contribution in [0.1, 0.15) is 99.5 Å². The molecule has 3 heterocycles. The van der Waals surface area contributed by atoms with Crippen molar-refractivity contribution in [1.82, 2.24) is 20.2 Å². The molecule has 0 radical (unpaired) electrons. The molecular weight excluding hydrogens is 1250 g/mol. The summed E-state index contributed by atoms with van der Waals surface area (Å²) in [6.07, 6.45) is -6.81. The molecule has 0 unspecified atom stereocenters. The number of rotatable bonds is 16. The predicted octanol–water partition coefficient (Wildman–Crippen LogP) is 8.74. The van der Waals surface area contributed by atoms with Crippen molar-refractivity contribution in [3.05, 3.63) is 166 Å². The Bertz CT molecular complexity index is 3780. The van der Waals surface area contributed by atoms with E-state index in [-0.39, 0.29) is 41.1 Å². The molecule has 23 heteroatoms. The van der Waals surface area contributed by atoms with Gasteiger partial charge in [-0.05, 0) is 118 Å². The number of likely N-dealkylation sites (tertiary alicyclic amines) is 1. The lowest BCUT2D eigenvalue weighted by atomic mass is 9.44. The van der Waals surface area contributed by atoms with Gasteiger partial charge >= 0.3 is 23.9 Å². The first-order chi connectivity index (χ1) is 43.8. The number of ketones is 1. The van der Waals surface area contributed by atoms with E-state index >= 15 is 4.79 Å². The molecule has 1 aromatic heterocycles. The van der Waals surface area contributed by atoms with Crippen LogP contribution in [0.5, 0.6) is 11.5 Å². The second kappa shape index (κ2) is 27.2. The number of fused-ring (bicyclic) bond motifs is 6. The Labute approximate surface area is 540 Å². The van der Waals surface area contributed by atoms with Crippen LogP contribution in [0.4, 0.5) is 15.9 Å². The zero-order valence-corrected chi connectivity index (χ0v) is 53.8. The average molecular weight is 1330 g/mol. The number of Topliss-reactive ketones (excluding diaryl/α,β-unsaturated/α-hetero) is 1. The molecule has 3 aliphatic carbocycles. The smallest absolute Gasteiger partial charge is 0.338 e. The fourth-order valence-electron chi connectivity index (χ4n) is 13.8. The van der Waals surface area contributed by atoms with Crippen LogP contribution in [0.25, 0.3) is 10.9 Å². The first-order valence-corrected chi connectivity index (χ1v) is 31.2. The minimum atomic E-state index is -2.39. The molecule has 92 heavy (non-hydrogen) atoms. The van der Waals surface area contributed by atoms with Gasteiger partial charge in [-0.15, -0.1) is 0 Å². The molecule has 5 aromatic carbocycles. The van der Waals surface area contributed by atoms with Gasteiger partial charge in [-0.1, -0.05) is 96.5 Å². The lowest BCUT2D eigenvalue weighted by Crippen LogP contribution is -2.82. The van der Waals surface area contributed by atoms with Gasteiger partial charge in [0.05, 0.1) is 60.6 Å². The van der Waals surface area contributed by atoms with Crippen molar-refractivity contribution in [2.24, 2.45) is 22.7 Å². The minimum absolute atomic E-state index is 0.00289. The van der Waals surface area contributed by atoms with Gasteiger partial charge < -0.3 is 64.0 Å². The van der Waals surface area contributed by atoms with Crippen LogP contribution in [-0.2, 0) is 42.9 Å². The number of benzene rings is 5. The molecule has 2 bridgehead atoms. The molecule has 5 N–H and O–H groups in total. The molecule has 21 nitrogen and oxygen atoms in total. The number of ether oxygens (including phenoxy) is 7. The Morgan fingerprint density at radius 2 is 1.50 bits per heavy atom. The number of nitrogens with one attached hydrogen (secondary N) is 2. The quantitative estimate of drug-likeness (QED) is 0.0344. The van der Waals surface area contributed by atoms with Crippen LogP contribution in [0.15, 0.2) is 143 Å². The molecular formula is C69H75BrFN5O16. The molecule has 5 aliphatic rings. The first kappa shape index (κ1) is 66.7. The van der Waals surface area contributed by atoms with E-state index in [2.05, 4.69) is 48.5 Å². The average Bonchev–Trinajstić information content (AvgIpc) is 0.670. The van der Waals surface area contributed by atoms with Crippen molar-refractivity contribution in [3.63, 3.8) is 0 Å². The Balaban J connectivity index is 0.000000257. The van der Waals surface area contributed by atoms with Crippen LogP contribution in [0, 0.1) is 28.5 Å². The summed E-state index contributed by atoms with van der Waals surface area (Å²) in [6, 6.07) is 31.5. The van der Waals surface area contributed by atoms with Gasteiger partial charge in [0.1, 0.15) is 41.9 Å². The van der Waals surface area contributed by atoms with Gasteiger partial charge in [0, 0.05) is 53.6 Å². The molecule has 1 amide bonds. The third kappa shape index (κ3) is 13.0. The number of carbonyl (C=O) groups is 6. The van der Waals surface area contributed by atoms with Crippen LogP contribution in [0.3, 0.4) is 0 Å². The van der Waals surface area contributed by atoms with Crippen LogP contribution >= 0.6 is 15.9 Å². The number of hydrogen-bond donors (Lipinski definition) is 5. The van der Waals surface area contributed by atoms with E-state index in [1.807, 2.05) is 12.1 Å². The summed E-state index contributed by atoms with van der Waals surface area (Å²) in [5.74, 6) is -4.92. The van der Waals surface area contributed by atoms with Gasteiger partial charge in [0.15, 0.2) is 35.1 Å². The van der Waals surface area contributed by atoms with E-state index in [9.17, 15) is 43.7 Å². The highest BCUT2D eigenvalue weighted by molar-refractivity contribution is 9.10. The standard InChI is InChI=1S/C47H51NO14.C22H24BrFN4O2/c1-25-31(60-43(56)36(52)35(28-16-10-7-11-17-28)48-41(54)29-18-12-8-13-19-29)23-47(57)40(61-42(55)30-20-14-9-15-21-30)38-45(6,32(51)22-33-46(38,24-58-33)62-27(3)50)39(53)37(59-26(2)49)34(25)44(47,4)5;1-28-7-5-14(6-8-28)12-30-21-11-19-16(10-20(21)29-2)22(26-13-25-19)27-18-4-3-15(23)9-17(18)24/h7-21,31-33,35-38,40,51-52,57H,22-24H2,1-6H3,(H,48,54);3-4,9-11,13-14H,5-8,12H2,1-2H3,(H,25,26,27)/t31-,32-,33+,35-,36+,37+,38-,40-,45+,46-,47+;/m0./s1. The number of hydrogen-bond acceptors (Lipinski definition) is 20. The number of carbonyl (C=O) groups excluding carboxylic acids is 6. The Hall–Kier alpha value is -8.19. The summed E-state index contributed by atoms with van der Waals surface area (Å²) >= 11 is 3.27. The number of aliphatic hydroxyl groups excluding tert-OH is 2. The molecule has 6 aromatic rings. The van der Waals surface area contributed by atoms with Crippen molar-refractivity contribution in [3.8, 4) is 11.5 Å². The number of halogens is 2. The molecule has 2 saturated carbocycles. The summed E-state index contributed by atoms with van der Waals surface area (Å²) < 4.78 is 56.9. The number of methoxy groups -OCH3 is 1. The van der Waals surface area contributed by atoms with E-state index in [4.69, 9.17) is 33.2 Å². The third-order valence-electron chi connectivity index (χ3n) is 18.9. The highest BCUT2D eigenvalue weighted by atomic mass is 79.9. The fourth-order valence-corrected chi connectivity index (χ4v) is 14.1. The summed E-state index contributed by atoms with van der Waals surface area (Å²) in [6.45, 7) is 10.8. The third-order valence-corrected chi connectivity index (χ3v) is 19.4. The number of esters is 4. The van der Waals surface area contributed by atoms with Crippen molar-refractivity contribution >= 4 is 73.9 Å². The van der Waals surface area contributed by atoms with E-state index < -0.39 is 113 Å². The van der Waals surface area contributed by atoms with Gasteiger partial charge in [0.25, 0.3) is 5.91 Å². The maximum Gasteiger partial charge on any atom is 0.338 e. The van der Waals surface area contributed by atoms with Crippen LogP contribution in [-0.4, -0.2) is 154 Å². The highest BCUT2D eigenvalue weighted by Crippen LogP contribution is 2.64. The van der Waals surface area contributed by atoms with E-state index in [1.54, 1.807) is 112 Å². The lowest BCUT2D eigenvalue weighted by Gasteiger charge is -2.67. The van der Waals surface area contributed by atoms with Gasteiger partial charge in [0.2, 0.25) is 0 Å². The lowest BCUT2D eigenvalue weighted by molar-refractivity contribution is -0.346. The molecule has 0 spiro atoms. The normalized spacial score (nSPS) is 26.5. The van der Waals surface area contributed by atoms with E-state index in [1.165, 1.54) is 38.4 Å². The van der Waals surface area contributed by atoms with Crippen molar-refractivity contribution in [2.75, 3.05) is 45.8 Å². The van der Waals surface area contributed by atoms with Crippen LogP contribution in [0.2, 0.25) is 0 Å². The largest absolute Gasteiger partial charge is 0.493 e. The number of nitrogens with zero attached hydrogens (tertiary/aromatic N) is 3. The maximum absolute atomic E-state index is 15.5. The summed E-state index contributed by atoms with van der Waals surface area (Å²) in [7, 11) is 3.75. The number of piperidine rings is 1. The van der Waals surface area contributed by atoms with Crippen molar-refractivity contribution in [2.45, 2.75) is 121 Å². The molecule has 486 valence electrons. The monoisotopic (exact) mass is 1330 g/mol. The number of amides is 1. The fraction of sp³-hybridized carbons (Fsp3) is 0.420. The Morgan fingerprint density at radius 3 is 2.11 bits per heavy atom. The molecule has 11 atom stereocenters. The van der Waals surface area contributed by atoms with Gasteiger partial charge in [-0.2, -0.15) is 0 Å². The zero-order chi connectivity index (χ0) is 66.0. The summed E-state index contributed by atoms with van der Waals surface area (Å²) in [4.78, 5) is 94.5. The van der Waals surface area contributed by atoms with Crippen molar-refractivity contribution in [1.29, 1.82) is 0 Å².